The Hall–Kier alpha value is -1.59. The number of hydrogen-bond acceptors (Lipinski definition) is 3. The Morgan fingerprint density at radius 2 is 2.10 bits per heavy atom. The molecule has 0 aromatic heterocycles. The number of carbonyl (C=O) groups excluding carboxylic acids is 1. The Morgan fingerprint density at radius 1 is 1.38 bits per heavy atom. The topological polar surface area (TPSA) is 38.8 Å². The van der Waals surface area contributed by atoms with Crippen molar-refractivity contribution in [1.29, 1.82) is 0 Å². The van der Waals surface area contributed by atoms with Crippen LogP contribution in [0.15, 0.2) is 52.5 Å². The molecule has 29 heavy (non-hydrogen) atoms. The lowest BCUT2D eigenvalue weighted by Crippen LogP contribution is -2.46. The Bertz CT molecular complexity index is 801. The molecule has 4 nitrogen and oxygen atoms in total. The van der Waals surface area contributed by atoms with Gasteiger partial charge in [-0.05, 0) is 70.1 Å². The molecule has 1 unspecified atom stereocenters. The van der Waals surface area contributed by atoms with Crippen LogP contribution in [0, 0.1) is 5.92 Å². The lowest BCUT2D eigenvalue weighted by Gasteiger charge is -2.36. The molecule has 0 saturated carbocycles. The summed E-state index contributed by atoms with van der Waals surface area (Å²) in [6.45, 7) is 13.4. The van der Waals surface area contributed by atoms with Gasteiger partial charge in [0.2, 0.25) is 0 Å². The van der Waals surface area contributed by atoms with E-state index in [0.29, 0.717) is 19.1 Å². The van der Waals surface area contributed by atoms with E-state index in [4.69, 9.17) is 9.47 Å². The van der Waals surface area contributed by atoms with Crippen molar-refractivity contribution in [2.24, 2.45) is 5.92 Å². The first-order valence-corrected chi connectivity index (χ1v) is 11.2. The van der Waals surface area contributed by atoms with Crippen LogP contribution in [0.2, 0.25) is 0 Å². The third-order valence-corrected chi connectivity index (χ3v) is 6.89. The zero-order valence-electron chi connectivity index (χ0n) is 17.9. The lowest BCUT2D eigenvalue weighted by molar-refractivity contribution is 0.00632. The van der Waals surface area contributed by atoms with Crippen LogP contribution >= 0.6 is 15.9 Å². The van der Waals surface area contributed by atoms with Gasteiger partial charge in [0, 0.05) is 10.0 Å². The minimum Gasteiger partial charge on any atom is -0.442 e. The number of benzene rings is 1. The summed E-state index contributed by atoms with van der Waals surface area (Å²) < 4.78 is 12.7. The second kappa shape index (κ2) is 9.05. The summed E-state index contributed by atoms with van der Waals surface area (Å²) in [6, 6.07) is 8.03. The summed E-state index contributed by atoms with van der Waals surface area (Å²) in [5.41, 5.74) is 3.64. The number of rotatable bonds is 8. The molecule has 158 valence electrons. The average molecular weight is 462 g/mol. The van der Waals surface area contributed by atoms with Crippen LogP contribution in [0.25, 0.3) is 0 Å². The molecule has 3 atom stereocenters. The molecule has 3 rings (SSSR count). The molecule has 1 saturated heterocycles. The third-order valence-electron chi connectivity index (χ3n) is 6.17. The van der Waals surface area contributed by atoms with E-state index in [-0.39, 0.29) is 23.8 Å². The first kappa shape index (κ1) is 22.1. The molecular weight excluding hydrogens is 430 g/mol. The van der Waals surface area contributed by atoms with E-state index in [1.54, 1.807) is 0 Å². The van der Waals surface area contributed by atoms with Gasteiger partial charge in [0.05, 0.1) is 19.3 Å². The van der Waals surface area contributed by atoms with Gasteiger partial charge in [-0.3, -0.25) is 4.90 Å². The fourth-order valence-corrected chi connectivity index (χ4v) is 5.20. The smallest absolute Gasteiger partial charge is 0.410 e. The van der Waals surface area contributed by atoms with Crippen LogP contribution in [-0.4, -0.2) is 35.8 Å². The Labute approximate surface area is 183 Å². The number of halogens is 1. The number of allylic oxidation sites excluding steroid dienone is 3. The molecule has 0 radical (unpaired) electrons. The van der Waals surface area contributed by atoms with Gasteiger partial charge in [0.1, 0.15) is 6.10 Å². The van der Waals surface area contributed by atoms with E-state index in [1.807, 2.05) is 42.2 Å². The summed E-state index contributed by atoms with van der Waals surface area (Å²) in [4.78, 5) is 14.5. The number of ether oxygens (including phenoxy) is 2. The summed E-state index contributed by atoms with van der Waals surface area (Å²) in [7, 11) is 0. The van der Waals surface area contributed by atoms with Gasteiger partial charge >= 0.3 is 6.09 Å². The van der Waals surface area contributed by atoms with E-state index in [9.17, 15) is 4.79 Å². The molecule has 0 N–H and O–H groups in total. The van der Waals surface area contributed by atoms with E-state index in [2.05, 4.69) is 43.3 Å². The standard InChI is InChI=1S/C24H32BrNO3/c1-6-19-12-18(11-16(19)2)13-24(4,5)26-14-20(29-23(26)27)15-28-17(3)21-9-7-8-10-22(21)25/h6-10,17-18,20H,1,11-15H2,2-5H3/t17-,18?,20-/m1/s1. The van der Waals surface area contributed by atoms with Crippen molar-refractivity contribution < 1.29 is 14.3 Å². The van der Waals surface area contributed by atoms with Gasteiger partial charge in [-0.2, -0.15) is 0 Å². The van der Waals surface area contributed by atoms with Crippen LogP contribution in [-0.2, 0) is 9.47 Å². The van der Waals surface area contributed by atoms with Gasteiger partial charge in [-0.25, -0.2) is 4.79 Å². The van der Waals surface area contributed by atoms with Crippen LogP contribution in [0.3, 0.4) is 0 Å². The van der Waals surface area contributed by atoms with Crippen molar-refractivity contribution in [3.05, 3.63) is 58.1 Å². The van der Waals surface area contributed by atoms with Gasteiger partial charge in [-0.15, -0.1) is 0 Å². The van der Waals surface area contributed by atoms with E-state index in [1.165, 1.54) is 11.1 Å². The Kier molecular flexibility index (Phi) is 6.90. The highest BCUT2D eigenvalue weighted by Crippen LogP contribution is 2.39. The van der Waals surface area contributed by atoms with Crippen molar-refractivity contribution in [3.8, 4) is 0 Å². The molecule has 1 aromatic rings. The molecular formula is C24H32BrNO3. The molecule has 1 amide bonds. The molecule has 5 heteroatoms. The van der Waals surface area contributed by atoms with Gasteiger partial charge < -0.3 is 9.47 Å². The minimum atomic E-state index is -0.249. The van der Waals surface area contributed by atoms with Crippen molar-refractivity contribution in [3.63, 3.8) is 0 Å². The maximum absolute atomic E-state index is 12.6. The molecule has 1 heterocycles. The fraction of sp³-hybridized carbons (Fsp3) is 0.542. The second-order valence-electron chi connectivity index (χ2n) is 8.91. The maximum atomic E-state index is 12.6. The number of hydrogen-bond donors (Lipinski definition) is 0. The molecule has 2 aliphatic rings. The first-order valence-electron chi connectivity index (χ1n) is 10.4. The molecule has 1 aromatic carbocycles. The fourth-order valence-electron chi connectivity index (χ4n) is 4.59. The highest BCUT2D eigenvalue weighted by atomic mass is 79.9. The SMILES string of the molecule is C=CC1=C(C)CC(CC(C)(C)N2C[C@H](CO[C@H](C)c3ccccc3Br)OC2=O)C1. The average Bonchev–Trinajstić information content (AvgIpc) is 3.21. The first-order chi connectivity index (χ1) is 13.7. The molecule has 1 fully saturated rings. The zero-order valence-corrected chi connectivity index (χ0v) is 19.5. The monoisotopic (exact) mass is 461 g/mol. The van der Waals surface area contributed by atoms with Crippen LogP contribution in [0.1, 0.15) is 58.6 Å². The normalized spacial score (nSPS) is 23.5. The predicted molar refractivity (Wildman–Crippen MR) is 120 cm³/mol. The van der Waals surface area contributed by atoms with E-state index in [0.717, 1.165) is 29.3 Å². The number of nitrogens with zero attached hydrogens (tertiary/aromatic N) is 1. The van der Waals surface area contributed by atoms with Crippen LogP contribution in [0.4, 0.5) is 4.79 Å². The van der Waals surface area contributed by atoms with Gasteiger partial charge in [0.15, 0.2) is 0 Å². The largest absolute Gasteiger partial charge is 0.442 e. The van der Waals surface area contributed by atoms with Crippen LogP contribution in [0.5, 0.6) is 0 Å². The Morgan fingerprint density at radius 3 is 2.76 bits per heavy atom. The quantitative estimate of drug-likeness (QED) is 0.447. The molecule has 0 bridgehead atoms. The van der Waals surface area contributed by atoms with Crippen molar-refractivity contribution in [2.75, 3.05) is 13.2 Å². The summed E-state index contributed by atoms with van der Waals surface area (Å²) in [6.07, 6.45) is 4.53. The highest BCUT2D eigenvalue weighted by Gasteiger charge is 2.42. The molecule has 1 aliphatic carbocycles. The number of carbonyl (C=O) groups is 1. The highest BCUT2D eigenvalue weighted by molar-refractivity contribution is 9.10. The van der Waals surface area contributed by atoms with Crippen molar-refractivity contribution in [2.45, 2.75) is 64.7 Å². The Balaban J connectivity index is 1.54. The van der Waals surface area contributed by atoms with Gasteiger partial charge in [0.25, 0.3) is 0 Å². The van der Waals surface area contributed by atoms with Crippen molar-refractivity contribution in [1.82, 2.24) is 4.90 Å². The van der Waals surface area contributed by atoms with Crippen LogP contribution < -0.4 is 0 Å². The van der Waals surface area contributed by atoms with E-state index < -0.39 is 0 Å². The summed E-state index contributed by atoms with van der Waals surface area (Å²) in [5, 5.41) is 0. The molecule has 0 spiro atoms. The zero-order chi connectivity index (χ0) is 21.2. The lowest BCUT2D eigenvalue weighted by atomic mass is 9.87. The minimum absolute atomic E-state index is 0.0730. The second-order valence-corrected chi connectivity index (χ2v) is 9.77. The summed E-state index contributed by atoms with van der Waals surface area (Å²) >= 11 is 3.57. The third kappa shape index (κ3) is 5.13. The van der Waals surface area contributed by atoms with E-state index >= 15 is 0 Å². The summed E-state index contributed by atoms with van der Waals surface area (Å²) in [5.74, 6) is 0.552. The van der Waals surface area contributed by atoms with Gasteiger partial charge in [-0.1, -0.05) is 52.4 Å². The maximum Gasteiger partial charge on any atom is 0.410 e. The predicted octanol–water partition coefficient (Wildman–Crippen LogP) is 6.43. The number of amides is 1. The van der Waals surface area contributed by atoms with Crippen molar-refractivity contribution >= 4 is 22.0 Å². The number of cyclic esters (lactones) is 1. The molecule has 1 aliphatic heterocycles.